The molecule has 0 aliphatic carbocycles. The molecular formula is C16H21NO4. The van der Waals surface area contributed by atoms with Crippen molar-refractivity contribution in [2.45, 2.75) is 25.0 Å². The number of para-hydroxylation sites is 1. The van der Waals surface area contributed by atoms with Crippen molar-refractivity contribution >= 4 is 12.0 Å². The van der Waals surface area contributed by atoms with Crippen molar-refractivity contribution in [3.05, 3.63) is 35.9 Å². The van der Waals surface area contributed by atoms with Crippen LogP contribution in [0.1, 0.15) is 18.4 Å². The van der Waals surface area contributed by atoms with Gasteiger partial charge in [-0.25, -0.2) is 0 Å². The number of hydrogen-bond acceptors (Lipinski definition) is 4. The first-order valence-corrected chi connectivity index (χ1v) is 7.06. The third kappa shape index (κ3) is 4.06. The Balaban J connectivity index is 2.00. The third-order valence-corrected chi connectivity index (χ3v) is 3.75. The second-order valence-corrected chi connectivity index (χ2v) is 5.17. The van der Waals surface area contributed by atoms with Gasteiger partial charge < -0.3 is 14.9 Å². The monoisotopic (exact) mass is 291 g/mol. The lowest BCUT2D eigenvalue weighted by Crippen LogP contribution is -2.48. The summed E-state index contributed by atoms with van der Waals surface area (Å²) < 4.78 is 5.27. The van der Waals surface area contributed by atoms with Crippen LogP contribution in [0.5, 0.6) is 5.75 Å². The summed E-state index contributed by atoms with van der Waals surface area (Å²) in [7, 11) is 1.62. The van der Waals surface area contributed by atoms with E-state index in [1.54, 1.807) is 7.11 Å². The van der Waals surface area contributed by atoms with Crippen LogP contribution in [0.2, 0.25) is 0 Å². The van der Waals surface area contributed by atoms with E-state index in [2.05, 4.69) is 0 Å². The maximum Gasteiger partial charge on any atom is 0.321 e. The lowest BCUT2D eigenvalue weighted by molar-refractivity contribution is -0.146. The molecule has 0 unspecified atom stereocenters. The number of carboxylic acid groups (broad SMARTS) is 1. The number of ether oxygens (including phenoxy) is 1. The van der Waals surface area contributed by atoms with Gasteiger partial charge in [0.15, 0.2) is 0 Å². The zero-order valence-electron chi connectivity index (χ0n) is 12.1. The maximum atomic E-state index is 11.2. The van der Waals surface area contributed by atoms with E-state index in [4.69, 9.17) is 4.74 Å². The molecule has 21 heavy (non-hydrogen) atoms. The highest BCUT2D eigenvalue weighted by atomic mass is 16.5. The minimum absolute atomic E-state index is 0.290. The van der Waals surface area contributed by atoms with Gasteiger partial charge in [0.1, 0.15) is 11.8 Å². The van der Waals surface area contributed by atoms with Gasteiger partial charge in [0.25, 0.3) is 0 Å². The molecule has 0 aromatic heterocycles. The molecule has 0 amide bonds. The van der Waals surface area contributed by atoms with Gasteiger partial charge in [0.2, 0.25) is 0 Å². The molecule has 0 radical (unpaired) electrons. The van der Waals surface area contributed by atoms with E-state index in [-0.39, 0.29) is 6.42 Å². The normalized spacial score (nSPS) is 23.3. The average molecular weight is 291 g/mol. The van der Waals surface area contributed by atoms with Gasteiger partial charge in [-0.15, -0.1) is 0 Å². The number of nitrogens with zero attached hydrogens (tertiary/aromatic N) is 1. The number of carboxylic acids is 1. The van der Waals surface area contributed by atoms with E-state index in [1.807, 2.05) is 41.3 Å². The molecule has 2 N–H and O–H groups in total. The largest absolute Gasteiger partial charge is 0.496 e. The molecule has 0 saturated carbocycles. The predicted molar refractivity (Wildman–Crippen MR) is 80.3 cm³/mol. The van der Waals surface area contributed by atoms with E-state index in [0.29, 0.717) is 19.5 Å². The van der Waals surface area contributed by atoms with Gasteiger partial charge in [-0.3, -0.25) is 9.69 Å². The van der Waals surface area contributed by atoms with Crippen molar-refractivity contribution in [1.29, 1.82) is 0 Å². The number of carbonyl (C=O) groups is 1. The molecule has 1 fully saturated rings. The number of aliphatic carboxylic acids is 1. The number of aliphatic hydroxyl groups excluding tert-OH is 1. The zero-order valence-corrected chi connectivity index (χ0v) is 12.1. The Morgan fingerprint density at radius 2 is 2.24 bits per heavy atom. The lowest BCUT2D eigenvalue weighted by atomic mass is 9.99. The standard InChI is InChI=1S/C16H21NO4/c1-21-15-7-3-2-5-12(15)6-4-9-17-10-8-13(18)11-14(17)16(19)20/h2-7,13-14,18H,8-11H2,1H3,(H,19,20)/b6-4+/t13-,14+/m0/s1. The van der Waals surface area contributed by atoms with E-state index < -0.39 is 18.1 Å². The molecule has 1 heterocycles. The van der Waals surface area contributed by atoms with Gasteiger partial charge in [0, 0.05) is 18.7 Å². The molecule has 5 nitrogen and oxygen atoms in total. The number of methoxy groups -OCH3 is 1. The van der Waals surface area contributed by atoms with Gasteiger partial charge >= 0.3 is 5.97 Å². The van der Waals surface area contributed by atoms with Crippen molar-refractivity contribution in [2.75, 3.05) is 20.2 Å². The summed E-state index contributed by atoms with van der Waals surface area (Å²) in [4.78, 5) is 13.1. The average Bonchev–Trinajstić information content (AvgIpc) is 2.49. The fourth-order valence-corrected chi connectivity index (χ4v) is 2.59. The highest BCUT2D eigenvalue weighted by Crippen LogP contribution is 2.20. The van der Waals surface area contributed by atoms with Crippen molar-refractivity contribution in [1.82, 2.24) is 4.90 Å². The van der Waals surface area contributed by atoms with Crippen LogP contribution in [0.4, 0.5) is 0 Å². The van der Waals surface area contributed by atoms with Gasteiger partial charge in [0.05, 0.1) is 13.2 Å². The Bertz CT molecular complexity index is 515. The summed E-state index contributed by atoms with van der Waals surface area (Å²) in [5.74, 6) is -0.0861. The molecule has 0 bridgehead atoms. The Labute approximate surface area is 124 Å². The van der Waals surface area contributed by atoms with Crippen molar-refractivity contribution < 1.29 is 19.7 Å². The summed E-state index contributed by atoms with van der Waals surface area (Å²) >= 11 is 0. The topological polar surface area (TPSA) is 70.0 Å². The molecule has 1 aliphatic rings. The first-order chi connectivity index (χ1) is 10.1. The van der Waals surface area contributed by atoms with Crippen LogP contribution >= 0.6 is 0 Å². The molecule has 2 atom stereocenters. The van der Waals surface area contributed by atoms with E-state index in [1.165, 1.54) is 0 Å². The highest BCUT2D eigenvalue weighted by molar-refractivity contribution is 5.73. The van der Waals surface area contributed by atoms with Gasteiger partial charge in [-0.2, -0.15) is 0 Å². The number of aliphatic hydroxyl groups is 1. The summed E-state index contributed by atoms with van der Waals surface area (Å²) in [6, 6.07) is 7.05. The first kappa shape index (κ1) is 15.5. The van der Waals surface area contributed by atoms with E-state index in [0.717, 1.165) is 11.3 Å². The summed E-state index contributed by atoms with van der Waals surface area (Å²) in [5.41, 5.74) is 0.962. The SMILES string of the molecule is COc1ccccc1/C=C/CN1CC[C@H](O)C[C@@H]1C(=O)O. The van der Waals surface area contributed by atoms with E-state index >= 15 is 0 Å². The quantitative estimate of drug-likeness (QED) is 0.862. The molecule has 1 aliphatic heterocycles. The third-order valence-electron chi connectivity index (χ3n) is 3.75. The number of benzene rings is 1. The number of piperidine rings is 1. The number of hydrogen-bond donors (Lipinski definition) is 2. The Morgan fingerprint density at radius 3 is 2.95 bits per heavy atom. The van der Waals surface area contributed by atoms with Gasteiger partial charge in [-0.1, -0.05) is 30.4 Å². The molecule has 1 saturated heterocycles. The number of rotatable bonds is 5. The minimum Gasteiger partial charge on any atom is -0.496 e. The van der Waals surface area contributed by atoms with Crippen LogP contribution in [0.25, 0.3) is 6.08 Å². The highest BCUT2D eigenvalue weighted by Gasteiger charge is 2.31. The van der Waals surface area contributed by atoms with Crippen molar-refractivity contribution in [3.8, 4) is 5.75 Å². The Morgan fingerprint density at radius 1 is 1.48 bits per heavy atom. The Kier molecular flexibility index (Phi) is 5.36. The summed E-state index contributed by atoms with van der Waals surface area (Å²) in [6.45, 7) is 1.14. The van der Waals surface area contributed by atoms with Crippen LogP contribution in [-0.4, -0.2) is 53.4 Å². The van der Waals surface area contributed by atoms with Crippen LogP contribution < -0.4 is 4.74 Å². The molecule has 1 aromatic carbocycles. The van der Waals surface area contributed by atoms with Gasteiger partial charge in [-0.05, 0) is 18.9 Å². The van der Waals surface area contributed by atoms with Crippen LogP contribution in [-0.2, 0) is 4.79 Å². The summed E-state index contributed by atoms with van der Waals surface area (Å²) in [5, 5.41) is 18.8. The second-order valence-electron chi connectivity index (χ2n) is 5.17. The minimum atomic E-state index is -0.876. The maximum absolute atomic E-state index is 11.2. The zero-order chi connectivity index (χ0) is 15.2. The Hall–Kier alpha value is -1.85. The fraction of sp³-hybridized carbons (Fsp3) is 0.438. The smallest absolute Gasteiger partial charge is 0.321 e. The molecule has 1 aromatic rings. The van der Waals surface area contributed by atoms with Crippen LogP contribution in [0.15, 0.2) is 30.3 Å². The predicted octanol–water partition coefficient (Wildman–Crippen LogP) is 1.62. The molecule has 2 rings (SSSR count). The molecular weight excluding hydrogens is 270 g/mol. The first-order valence-electron chi connectivity index (χ1n) is 7.06. The summed E-state index contributed by atoms with van der Waals surface area (Å²) in [6.07, 6.45) is 4.26. The molecule has 114 valence electrons. The van der Waals surface area contributed by atoms with E-state index in [9.17, 15) is 15.0 Å². The molecule has 5 heteroatoms. The van der Waals surface area contributed by atoms with Crippen LogP contribution in [0.3, 0.4) is 0 Å². The van der Waals surface area contributed by atoms with Crippen LogP contribution in [0, 0.1) is 0 Å². The van der Waals surface area contributed by atoms with Crippen molar-refractivity contribution in [2.24, 2.45) is 0 Å². The molecule has 0 spiro atoms. The van der Waals surface area contributed by atoms with Crippen molar-refractivity contribution in [3.63, 3.8) is 0 Å². The second kappa shape index (κ2) is 7.24. The fourth-order valence-electron chi connectivity index (χ4n) is 2.59. The number of likely N-dealkylation sites (tertiary alicyclic amines) is 1. The lowest BCUT2D eigenvalue weighted by Gasteiger charge is -2.34.